The topological polar surface area (TPSA) is 92.2 Å². The molecule has 1 heterocycles. The molecule has 5 aromatic rings. The molecule has 218 valence electrons. The number of benzene rings is 4. The van der Waals surface area contributed by atoms with Crippen molar-refractivity contribution in [2.75, 3.05) is 12.4 Å². The Kier molecular flexibility index (Phi) is 8.03. The van der Waals surface area contributed by atoms with Gasteiger partial charge in [-0.05, 0) is 59.2 Å². The van der Waals surface area contributed by atoms with Crippen LogP contribution >= 0.6 is 0 Å². The molecule has 3 N–H and O–H groups in total. The zero-order valence-corrected chi connectivity index (χ0v) is 23.2. The van der Waals surface area contributed by atoms with Crippen molar-refractivity contribution in [1.29, 1.82) is 0 Å². The number of rotatable bonds is 7. The number of anilines is 1. The van der Waals surface area contributed by atoms with Crippen LogP contribution in [0.5, 0.6) is 0 Å². The molecule has 0 spiro atoms. The summed E-state index contributed by atoms with van der Waals surface area (Å²) >= 11 is 0. The van der Waals surface area contributed by atoms with Crippen molar-refractivity contribution in [1.82, 2.24) is 15.2 Å². The van der Waals surface area contributed by atoms with Gasteiger partial charge in [0.1, 0.15) is 11.7 Å². The van der Waals surface area contributed by atoms with Gasteiger partial charge >= 0.3 is 6.18 Å². The second kappa shape index (κ2) is 11.8. The van der Waals surface area contributed by atoms with Crippen molar-refractivity contribution in [2.45, 2.75) is 12.2 Å². The quantitative estimate of drug-likeness (QED) is 0.209. The van der Waals surface area contributed by atoms with Crippen LogP contribution in [0.1, 0.15) is 38.0 Å². The van der Waals surface area contributed by atoms with E-state index in [4.69, 9.17) is 0 Å². The molecule has 5 rings (SSSR count). The standard InChI is InChI=1S/C33H27F3N4O3/c1-37-32(43)29(21-8-4-3-5-9-21)39-31(42)28-19-22-18-24(16-17-27(22)40(28)2)38-30(41)26-11-7-6-10-25(26)20-12-14-23(15-13-20)33(34,35)36/h3-19,29H,1-2H3,(H,37,43)(H,38,41)(H,39,42)/t29-/m0/s1. The van der Waals surface area contributed by atoms with E-state index < -0.39 is 29.6 Å². The zero-order valence-electron chi connectivity index (χ0n) is 23.2. The van der Waals surface area contributed by atoms with Crippen LogP contribution in [0.15, 0.2) is 103 Å². The predicted molar refractivity (Wildman–Crippen MR) is 158 cm³/mol. The first-order valence-corrected chi connectivity index (χ1v) is 13.3. The van der Waals surface area contributed by atoms with E-state index in [0.717, 1.165) is 17.6 Å². The lowest BCUT2D eigenvalue weighted by Crippen LogP contribution is -2.39. The largest absolute Gasteiger partial charge is 0.416 e. The molecule has 0 bridgehead atoms. The van der Waals surface area contributed by atoms with Gasteiger partial charge in [0, 0.05) is 36.2 Å². The molecular weight excluding hydrogens is 557 g/mol. The molecule has 0 saturated heterocycles. The minimum absolute atomic E-state index is 0.289. The second-order valence-corrected chi connectivity index (χ2v) is 9.87. The average molecular weight is 585 g/mol. The van der Waals surface area contributed by atoms with Crippen LogP contribution in [0, 0.1) is 0 Å². The van der Waals surface area contributed by atoms with Crippen LogP contribution in [0.2, 0.25) is 0 Å². The third-order valence-electron chi connectivity index (χ3n) is 7.14. The number of aryl methyl sites for hydroxylation is 1. The molecule has 3 amide bonds. The average Bonchev–Trinajstić information content (AvgIpc) is 3.34. The molecule has 7 nitrogen and oxygen atoms in total. The monoisotopic (exact) mass is 584 g/mol. The summed E-state index contributed by atoms with van der Waals surface area (Å²) in [5.41, 5.74) is 2.61. The zero-order chi connectivity index (χ0) is 30.7. The number of nitrogens with zero attached hydrogens (tertiary/aromatic N) is 1. The highest BCUT2D eigenvalue weighted by atomic mass is 19.4. The Morgan fingerprint density at radius 1 is 0.791 bits per heavy atom. The van der Waals surface area contributed by atoms with Gasteiger partial charge in [-0.2, -0.15) is 13.2 Å². The minimum Gasteiger partial charge on any atom is -0.357 e. The highest BCUT2D eigenvalue weighted by Crippen LogP contribution is 2.32. The molecule has 0 aliphatic heterocycles. The first kappa shape index (κ1) is 29.1. The lowest BCUT2D eigenvalue weighted by Gasteiger charge is -2.18. The molecule has 4 aromatic carbocycles. The van der Waals surface area contributed by atoms with Crippen LogP contribution in [0.4, 0.5) is 18.9 Å². The molecule has 0 unspecified atom stereocenters. The maximum absolute atomic E-state index is 13.3. The van der Waals surface area contributed by atoms with Crippen LogP contribution < -0.4 is 16.0 Å². The number of nitrogens with one attached hydrogen (secondary N) is 3. The number of amides is 3. The van der Waals surface area contributed by atoms with Crippen molar-refractivity contribution >= 4 is 34.3 Å². The third kappa shape index (κ3) is 6.13. The molecule has 10 heteroatoms. The van der Waals surface area contributed by atoms with Crippen LogP contribution in [-0.2, 0) is 18.0 Å². The van der Waals surface area contributed by atoms with E-state index in [1.165, 1.54) is 19.2 Å². The van der Waals surface area contributed by atoms with Gasteiger partial charge in [0.25, 0.3) is 11.8 Å². The molecule has 0 aliphatic rings. The van der Waals surface area contributed by atoms with Crippen molar-refractivity contribution in [3.63, 3.8) is 0 Å². The summed E-state index contributed by atoms with van der Waals surface area (Å²) in [7, 11) is 3.23. The van der Waals surface area contributed by atoms with E-state index in [1.54, 1.807) is 84.4 Å². The summed E-state index contributed by atoms with van der Waals surface area (Å²) in [5, 5.41) is 8.90. The minimum atomic E-state index is -4.46. The summed E-state index contributed by atoms with van der Waals surface area (Å²) in [6.07, 6.45) is -4.46. The van der Waals surface area contributed by atoms with Crippen LogP contribution in [0.3, 0.4) is 0 Å². The Balaban J connectivity index is 1.38. The van der Waals surface area contributed by atoms with Gasteiger partial charge in [-0.25, -0.2) is 0 Å². The number of aromatic nitrogens is 1. The van der Waals surface area contributed by atoms with Crippen molar-refractivity contribution < 1.29 is 27.6 Å². The lowest BCUT2D eigenvalue weighted by atomic mass is 9.98. The number of carbonyl (C=O) groups excluding carboxylic acids is 3. The summed E-state index contributed by atoms with van der Waals surface area (Å²) in [4.78, 5) is 39.1. The van der Waals surface area contributed by atoms with Gasteiger partial charge in [0.15, 0.2) is 0 Å². The van der Waals surface area contributed by atoms with Gasteiger partial charge in [-0.15, -0.1) is 0 Å². The van der Waals surface area contributed by atoms with E-state index in [-0.39, 0.29) is 11.5 Å². The Hall–Kier alpha value is -5.38. The van der Waals surface area contributed by atoms with Crippen LogP contribution in [-0.4, -0.2) is 29.3 Å². The maximum atomic E-state index is 13.3. The molecule has 0 saturated carbocycles. The van der Waals surface area contributed by atoms with E-state index in [0.29, 0.717) is 33.5 Å². The fourth-order valence-electron chi connectivity index (χ4n) is 4.91. The fourth-order valence-corrected chi connectivity index (χ4v) is 4.91. The summed E-state index contributed by atoms with van der Waals surface area (Å²) in [5.74, 6) is -1.26. The van der Waals surface area contributed by atoms with Gasteiger partial charge in [0.05, 0.1) is 5.56 Å². The molecule has 1 aromatic heterocycles. The number of likely N-dealkylation sites (N-methyl/N-ethyl adjacent to an activating group) is 1. The Labute approximate surface area is 245 Å². The van der Waals surface area contributed by atoms with E-state index in [2.05, 4.69) is 16.0 Å². The van der Waals surface area contributed by atoms with Crippen molar-refractivity contribution in [3.05, 3.63) is 126 Å². The normalized spacial score (nSPS) is 12.0. The van der Waals surface area contributed by atoms with Crippen LogP contribution in [0.25, 0.3) is 22.0 Å². The Bertz CT molecular complexity index is 1810. The molecule has 0 aliphatic carbocycles. The van der Waals surface area contributed by atoms with E-state index >= 15 is 0 Å². The third-order valence-corrected chi connectivity index (χ3v) is 7.14. The summed E-state index contributed by atoms with van der Waals surface area (Å²) in [6.45, 7) is 0. The highest BCUT2D eigenvalue weighted by molar-refractivity contribution is 6.09. The number of halogens is 3. The number of fused-ring (bicyclic) bond motifs is 1. The number of alkyl halides is 3. The fraction of sp³-hybridized carbons (Fsp3) is 0.121. The number of hydrogen-bond acceptors (Lipinski definition) is 3. The number of hydrogen-bond donors (Lipinski definition) is 3. The van der Waals surface area contributed by atoms with E-state index in [9.17, 15) is 27.6 Å². The van der Waals surface area contributed by atoms with Crippen molar-refractivity contribution in [2.24, 2.45) is 7.05 Å². The molecule has 1 atom stereocenters. The second-order valence-electron chi connectivity index (χ2n) is 9.87. The molecule has 43 heavy (non-hydrogen) atoms. The highest BCUT2D eigenvalue weighted by Gasteiger charge is 2.30. The molecular formula is C33H27F3N4O3. The SMILES string of the molecule is CNC(=O)[C@@H](NC(=O)c1cc2cc(NC(=O)c3ccccc3-c3ccc(C(F)(F)F)cc3)ccc2n1C)c1ccccc1. The first-order valence-electron chi connectivity index (χ1n) is 13.3. The number of carbonyl (C=O) groups is 3. The Morgan fingerprint density at radius 2 is 1.47 bits per heavy atom. The Morgan fingerprint density at radius 3 is 2.14 bits per heavy atom. The van der Waals surface area contributed by atoms with Gasteiger partial charge < -0.3 is 20.5 Å². The molecule has 0 fully saturated rings. The van der Waals surface area contributed by atoms with Gasteiger partial charge in [-0.1, -0.05) is 60.7 Å². The van der Waals surface area contributed by atoms with E-state index in [1.807, 2.05) is 6.07 Å². The predicted octanol–water partition coefficient (Wildman–Crippen LogP) is 6.33. The maximum Gasteiger partial charge on any atom is 0.416 e. The smallest absolute Gasteiger partial charge is 0.357 e. The van der Waals surface area contributed by atoms with Gasteiger partial charge in [-0.3, -0.25) is 14.4 Å². The van der Waals surface area contributed by atoms with Crippen molar-refractivity contribution in [3.8, 4) is 11.1 Å². The summed E-state index contributed by atoms with van der Waals surface area (Å²) < 4.78 is 40.8. The van der Waals surface area contributed by atoms with Gasteiger partial charge in [0.2, 0.25) is 5.91 Å². The summed E-state index contributed by atoms with van der Waals surface area (Å²) in [6, 6.07) is 26.1. The lowest BCUT2D eigenvalue weighted by molar-refractivity contribution is -0.137. The first-order chi connectivity index (χ1) is 20.6. The molecule has 0 radical (unpaired) electrons.